The number of nitrogens with one attached hydrogen (secondary N) is 1. The van der Waals surface area contributed by atoms with Crippen molar-refractivity contribution in [2.24, 2.45) is 0 Å². The lowest BCUT2D eigenvalue weighted by Crippen LogP contribution is -3.05. The average molecular weight is 213 g/mol. The Morgan fingerprint density at radius 3 is 2.56 bits per heavy atom. The quantitative estimate of drug-likeness (QED) is 0.545. The Morgan fingerprint density at radius 1 is 1.12 bits per heavy atom. The lowest BCUT2D eigenvalue weighted by Gasteiger charge is -2.18. The lowest BCUT2D eigenvalue weighted by atomic mass is 10.2. The van der Waals surface area contributed by atoms with Crippen molar-refractivity contribution in [2.45, 2.75) is 6.54 Å². The van der Waals surface area contributed by atoms with Crippen LogP contribution in [-0.4, -0.2) is 6.54 Å². The molecule has 0 aromatic heterocycles. The molecule has 1 nitrogen and oxygen atoms in total. The van der Waals surface area contributed by atoms with Crippen LogP contribution in [0.25, 0.3) is 0 Å². The zero-order valence-corrected chi connectivity index (χ0v) is 9.60. The van der Waals surface area contributed by atoms with Gasteiger partial charge in [0.1, 0.15) is 0 Å². The van der Waals surface area contributed by atoms with Crippen molar-refractivity contribution in [3.05, 3.63) is 79.9 Å². The summed E-state index contributed by atoms with van der Waals surface area (Å²) in [7, 11) is 4.07. The number of rotatable bonds is 6. The maximum atomic E-state index is 4.07. The largest absolute Gasteiger partial charge is 0.461 e. The predicted octanol–water partition coefficient (Wildman–Crippen LogP) is 2.16. The molecule has 0 aliphatic rings. The van der Waals surface area contributed by atoms with E-state index in [1.807, 2.05) is 24.3 Å². The van der Waals surface area contributed by atoms with Crippen LogP contribution in [0.4, 0.5) is 0 Å². The van der Waals surface area contributed by atoms with Crippen molar-refractivity contribution in [1.29, 1.82) is 0 Å². The molecule has 1 aromatic rings. The second-order valence-corrected chi connectivity index (χ2v) is 3.67. The number of benzene rings is 1. The van der Waals surface area contributed by atoms with Gasteiger partial charge >= 0.3 is 0 Å². The van der Waals surface area contributed by atoms with Gasteiger partial charge in [-0.1, -0.05) is 61.2 Å². The average Bonchev–Trinajstić information content (AvgIpc) is 2.30. The molecule has 1 rings (SSSR count). The third kappa shape index (κ3) is 5.32. The van der Waals surface area contributed by atoms with Crippen LogP contribution >= 0.6 is 0 Å². The molecule has 0 saturated carbocycles. The fraction of sp³-hybridized carbons (Fsp3) is 0.133. The molecule has 0 fully saturated rings. The Bertz CT molecular complexity index is 349. The first-order valence-corrected chi connectivity index (χ1v) is 5.47. The van der Waals surface area contributed by atoms with E-state index in [9.17, 15) is 0 Å². The van der Waals surface area contributed by atoms with Crippen LogP contribution in [0.1, 0.15) is 5.56 Å². The molecule has 1 unspecified atom stereocenters. The molecular formula is C15H19N. The smallest absolute Gasteiger partial charge is 0.0790 e. The van der Waals surface area contributed by atoms with Gasteiger partial charge < -0.3 is 4.90 Å². The summed E-state index contributed by atoms with van der Waals surface area (Å²) in [5, 5.41) is 0. The van der Waals surface area contributed by atoms with Crippen molar-refractivity contribution in [3.63, 3.8) is 0 Å². The molecule has 0 aliphatic heterocycles. The van der Waals surface area contributed by atoms with Gasteiger partial charge in [-0.05, 0) is 6.08 Å². The molecule has 1 N–H and O–H groups in total. The first kappa shape index (κ1) is 12.5. The Hall–Kier alpha value is -1.60. The van der Waals surface area contributed by atoms with Crippen LogP contribution in [0, 0.1) is 7.05 Å². The highest BCUT2D eigenvalue weighted by atomic mass is 15.1. The molecule has 16 heavy (non-hydrogen) atoms. The molecule has 0 aliphatic carbocycles. The standard InChI is InChI=1S/C15H19N/c1-3-4-5-6-10-13-16(2)14-15-11-8-7-9-12-15/h3-12,16H,1-2,13-14H2/b5-4-,10-6+. The SMILES string of the molecule is C=C/C=C\C=C\C[NH+]([CH2-])Cc1ccccc1. The van der Waals surface area contributed by atoms with Crippen LogP contribution < -0.4 is 4.90 Å². The van der Waals surface area contributed by atoms with Crippen molar-refractivity contribution < 1.29 is 4.90 Å². The zero-order chi connectivity index (χ0) is 11.6. The van der Waals surface area contributed by atoms with E-state index in [-0.39, 0.29) is 0 Å². The van der Waals surface area contributed by atoms with E-state index in [4.69, 9.17) is 0 Å². The summed E-state index contributed by atoms with van der Waals surface area (Å²) in [5.41, 5.74) is 1.32. The first-order chi connectivity index (χ1) is 7.83. The normalized spacial score (nSPS) is 13.3. The maximum Gasteiger partial charge on any atom is 0.0790 e. The number of allylic oxidation sites excluding steroid dienone is 4. The maximum absolute atomic E-state index is 4.07. The van der Waals surface area contributed by atoms with Crippen LogP contribution in [-0.2, 0) is 6.54 Å². The number of quaternary nitrogens is 1. The summed E-state index contributed by atoms with van der Waals surface area (Å²) in [6.45, 7) is 5.49. The van der Waals surface area contributed by atoms with Gasteiger partial charge in [-0.2, -0.15) is 7.05 Å². The highest BCUT2D eigenvalue weighted by Crippen LogP contribution is 1.94. The van der Waals surface area contributed by atoms with E-state index in [0.717, 1.165) is 13.1 Å². The minimum atomic E-state index is 0.927. The van der Waals surface area contributed by atoms with Gasteiger partial charge in [0.25, 0.3) is 0 Å². The molecule has 1 aromatic carbocycles. The Labute approximate surface area is 98.4 Å². The second kappa shape index (κ2) is 7.66. The lowest BCUT2D eigenvalue weighted by molar-refractivity contribution is -0.861. The zero-order valence-electron chi connectivity index (χ0n) is 9.60. The first-order valence-electron chi connectivity index (χ1n) is 5.47. The van der Waals surface area contributed by atoms with E-state index in [0.29, 0.717) is 0 Å². The Kier molecular flexibility index (Phi) is 5.97. The summed E-state index contributed by atoms with van der Waals surface area (Å²) in [6, 6.07) is 10.4. The minimum Gasteiger partial charge on any atom is -0.461 e. The van der Waals surface area contributed by atoms with Crippen LogP contribution in [0.5, 0.6) is 0 Å². The molecule has 0 radical (unpaired) electrons. The minimum absolute atomic E-state index is 0.927. The second-order valence-electron chi connectivity index (χ2n) is 3.67. The summed E-state index contributed by atoms with van der Waals surface area (Å²) >= 11 is 0. The molecule has 1 heteroatoms. The molecule has 0 saturated heterocycles. The van der Waals surface area contributed by atoms with Crippen molar-refractivity contribution in [2.75, 3.05) is 6.54 Å². The van der Waals surface area contributed by atoms with Crippen molar-refractivity contribution in [1.82, 2.24) is 0 Å². The van der Waals surface area contributed by atoms with Gasteiger partial charge in [0.15, 0.2) is 0 Å². The van der Waals surface area contributed by atoms with Crippen LogP contribution in [0.3, 0.4) is 0 Å². The number of hydrogen-bond acceptors (Lipinski definition) is 0. The summed E-state index contributed by atoms with van der Waals surface area (Å²) < 4.78 is 0. The fourth-order valence-electron chi connectivity index (χ4n) is 1.41. The van der Waals surface area contributed by atoms with Crippen LogP contribution in [0.2, 0.25) is 0 Å². The van der Waals surface area contributed by atoms with Gasteiger partial charge in [0, 0.05) is 5.56 Å². The Morgan fingerprint density at radius 2 is 1.88 bits per heavy atom. The number of hydrogen-bond donors (Lipinski definition) is 1. The van der Waals surface area contributed by atoms with Crippen molar-refractivity contribution in [3.8, 4) is 0 Å². The highest BCUT2D eigenvalue weighted by molar-refractivity contribution is 5.13. The van der Waals surface area contributed by atoms with E-state index in [1.165, 1.54) is 10.5 Å². The molecule has 0 spiro atoms. The topological polar surface area (TPSA) is 4.44 Å². The molecule has 0 amide bonds. The van der Waals surface area contributed by atoms with Crippen LogP contribution in [0.15, 0.2) is 67.3 Å². The Balaban J connectivity index is 2.31. The van der Waals surface area contributed by atoms with Gasteiger partial charge in [0.2, 0.25) is 0 Å². The monoisotopic (exact) mass is 213 g/mol. The van der Waals surface area contributed by atoms with E-state index >= 15 is 0 Å². The highest BCUT2D eigenvalue weighted by Gasteiger charge is 1.94. The molecule has 0 bridgehead atoms. The molecule has 1 atom stereocenters. The van der Waals surface area contributed by atoms with Gasteiger partial charge in [-0.25, -0.2) is 0 Å². The third-order valence-electron chi connectivity index (χ3n) is 2.20. The summed E-state index contributed by atoms with van der Waals surface area (Å²) in [5.74, 6) is 0. The van der Waals surface area contributed by atoms with Gasteiger partial charge in [0.05, 0.1) is 13.1 Å². The van der Waals surface area contributed by atoms with Gasteiger partial charge in [-0.15, -0.1) is 0 Å². The van der Waals surface area contributed by atoms with E-state index in [2.05, 4.69) is 44.0 Å². The molecule has 84 valence electrons. The fourth-order valence-corrected chi connectivity index (χ4v) is 1.41. The van der Waals surface area contributed by atoms with Gasteiger partial charge in [-0.3, -0.25) is 0 Å². The molecular weight excluding hydrogens is 194 g/mol. The van der Waals surface area contributed by atoms with E-state index in [1.54, 1.807) is 6.08 Å². The third-order valence-corrected chi connectivity index (χ3v) is 2.20. The molecule has 0 heterocycles. The predicted molar refractivity (Wildman–Crippen MR) is 69.8 cm³/mol. The van der Waals surface area contributed by atoms with E-state index < -0.39 is 0 Å². The summed E-state index contributed by atoms with van der Waals surface area (Å²) in [4.78, 5) is 1.23. The van der Waals surface area contributed by atoms with Crippen molar-refractivity contribution >= 4 is 0 Å². The summed E-state index contributed by atoms with van der Waals surface area (Å²) in [6.07, 6.45) is 9.80.